The molecule has 0 bridgehead atoms. The van der Waals surface area contributed by atoms with Crippen LogP contribution in [0.25, 0.3) is 0 Å². The van der Waals surface area contributed by atoms with Crippen LogP contribution >= 0.6 is 0 Å². The third kappa shape index (κ3) is 3.22. The summed E-state index contributed by atoms with van der Waals surface area (Å²) in [6.45, 7) is 5.24. The van der Waals surface area contributed by atoms with Crippen molar-refractivity contribution in [2.75, 3.05) is 26.4 Å². The van der Waals surface area contributed by atoms with E-state index in [1.807, 2.05) is 38.1 Å². The van der Waals surface area contributed by atoms with Gasteiger partial charge in [-0.2, -0.15) is 0 Å². The number of nitrogens with one attached hydrogen (secondary N) is 2. The quantitative estimate of drug-likeness (QED) is 0.625. The molecule has 2 saturated heterocycles. The molecule has 134 valence electrons. The summed E-state index contributed by atoms with van der Waals surface area (Å²) in [6.07, 6.45) is 1.24. The monoisotopic (exact) mass is 336 g/mol. The fraction of sp³-hybridized carbons (Fsp3) is 0.667. The first kappa shape index (κ1) is 17.8. The normalized spacial score (nSPS) is 36.3. The van der Waals surface area contributed by atoms with E-state index in [4.69, 9.17) is 9.47 Å². The highest BCUT2D eigenvalue weighted by molar-refractivity contribution is 5.27. The molecule has 2 aliphatic heterocycles. The van der Waals surface area contributed by atoms with Gasteiger partial charge < -0.3 is 19.7 Å². The van der Waals surface area contributed by atoms with E-state index in [1.165, 1.54) is 0 Å². The minimum atomic E-state index is -0.346. The first-order valence-corrected chi connectivity index (χ1v) is 8.69. The molecule has 3 rings (SSSR count). The van der Waals surface area contributed by atoms with Gasteiger partial charge in [-0.25, -0.2) is 0 Å². The zero-order chi connectivity index (χ0) is 17.2. The lowest BCUT2D eigenvalue weighted by Crippen LogP contribution is -2.46. The average molecular weight is 336 g/mol. The van der Waals surface area contributed by atoms with Crippen LogP contribution in [0.5, 0.6) is 0 Å². The van der Waals surface area contributed by atoms with Crippen molar-refractivity contribution in [1.29, 1.82) is 0 Å². The number of aliphatic hydroxyl groups is 2. The summed E-state index contributed by atoms with van der Waals surface area (Å²) >= 11 is 0. The number of benzene rings is 1. The van der Waals surface area contributed by atoms with E-state index < -0.39 is 0 Å². The molecule has 0 spiro atoms. The van der Waals surface area contributed by atoms with Crippen molar-refractivity contribution in [2.24, 2.45) is 0 Å². The number of hydrogen-bond donors (Lipinski definition) is 4. The third-order valence-corrected chi connectivity index (χ3v) is 5.43. The molecule has 0 aromatic heterocycles. The average Bonchev–Trinajstić information content (AvgIpc) is 3.28. The van der Waals surface area contributed by atoms with Gasteiger partial charge in [0.1, 0.15) is 12.5 Å². The standard InChI is InChI=1S/C18H28N2O4/c1-3-17(9-21)11-23-15(19-17)13-5-7-14(8-6-13)16-20-18(4-2,10-22)12-24-16/h5-8,15-16,19-22H,3-4,9-12H2,1-2H3. The van der Waals surface area contributed by atoms with E-state index in [2.05, 4.69) is 10.6 Å². The molecule has 4 N–H and O–H groups in total. The van der Waals surface area contributed by atoms with E-state index in [1.54, 1.807) is 0 Å². The summed E-state index contributed by atoms with van der Waals surface area (Å²) in [6, 6.07) is 8.08. The number of rotatable bonds is 6. The highest BCUT2D eigenvalue weighted by Gasteiger charge is 2.39. The van der Waals surface area contributed by atoms with Gasteiger partial charge in [0.15, 0.2) is 0 Å². The van der Waals surface area contributed by atoms with E-state index >= 15 is 0 Å². The lowest BCUT2D eigenvalue weighted by molar-refractivity contribution is 0.0897. The van der Waals surface area contributed by atoms with Crippen LogP contribution < -0.4 is 10.6 Å². The molecule has 0 radical (unpaired) electrons. The van der Waals surface area contributed by atoms with Gasteiger partial charge in [-0.15, -0.1) is 0 Å². The van der Waals surface area contributed by atoms with Crippen LogP contribution in [-0.2, 0) is 9.47 Å². The van der Waals surface area contributed by atoms with Gasteiger partial charge in [-0.1, -0.05) is 38.1 Å². The van der Waals surface area contributed by atoms with Crippen molar-refractivity contribution in [3.05, 3.63) is 35.4 Å². The minimum Gasteiger partial charge on any atom is -0.394 e. The maximum absolute atomic E-state index is 9.58. The Bertz CT molecular complexity index is 491. The van der Waals surface area contributed by atoms with Crippen molar-refractivity contribution >= 4 is 0 Å². The van der Waals surface area contributed by atoms with Gasteiger partial charge in [0.05, 0.1) is 37.5 Å². The molecule has 0 aliphatic carbocycles. The topological polar surface area (TPSA) is 83.0 Å². The van der Waals surface area contributed by atoms with Crippen molar-refractivity contribution in [3.8, 4) is 0 Å². The first-order chi connectivity index (χ1) is 11.6. The van der Waals surface area contributed by atoms with Crippen molar-refractivity contribution < 1.29 is 19.7 Å². The Morgan fingerprint density at radius 1 is 0.875 bits per heavy atom. The van der Waals surface area contributed by atoms with E-state index in [9.17, 15) is 10.2 Å². The van der Waals surface area contributed by atoms with Crippen molar-refractivity contribution in [3.63, 3.8) is 0 Å². The summed E-state index contributed by atoms with van der Waals surface area (Å²) in [5.74, 6) is 0. The second-order valence-corrected chi connectivity index (χ2v) is 6.92. The third-order valence-electron chi connectivity index (χ3n) is 5.43. The van der Waals surface area contributed by atoms with Gasteiger partial charge in [0.2, 0.25) is 0 Å². The molecule has 0 saturated carbocycles. The Hall–Kier alpha value is -1.02. The SMILES string of the molecule is CCC1(CO)COC(c2ccc(C3NC(CC)(CO)CO3)cc2)N1. The minimum absolute atomic E-state index is 0.0676. The fourth-order valence-corrected chi connectivity index (χ4v) is 3.23. The second-order valence-electron chi connectivity index (χ2n) is 6.92. The summed E-state index contributed by atoms with van der Waals surface area (Å²) in [5, 5.41) is 25.9. The van der Waals surface area contributed by atoms with Gasteiger partial charge >= 0.3 is 0 Å². The number of aliphatic hydroxyl groups excluding tert-OH is 2. The maximum atomic E-state index is 9.58. The van der Waals surface area contributed by atoms with Crippen molar-refractivity contribution in [1.82, 2.24) is 10.6 Å². The lowest BCUT2D eigenvalue weighted by atomic mass is 9.99. The second kappa shape index (κ2) is 7.07. The summed E-state index contributed by atoms with van der Waals surface area (Å²) < 4.78 is 11.6. The molecule has 2 fully saturated rings. The molecular weight excluding hydrogens is 308 g/mol. The van der Waals surface area contributed by atoms with Gasteiger partial charge in [0, 0.05) is 0 Å². The molecule has 2 heterocycles. The molecule has 1 aromatic carbocycles. The van der Waals surface area contributed by atoms with Gasteiger partial charge in [0.25, 0.3) is 0 Å². The Balaban J connectivity index is 1.67. The van der Waals surface area contributed by atoms with Crippen LogP contribution in [0.4, 0.5) is 0 Å². The summed E-state index contributed by atoms with van der Waals surface area (Å²) in [5.41, 5.74) is 1.37. The zero-order valence-corrected chi connectivity index (χ0v) is 14.4. The van der Waals surface area contributed by atoms with Crippen LogP contribution in [0.15, 0.2) is 24.3 Å². The van der Waals surface area contributed by atoms with Crippen LogP contribution in [0.3, 0.4) is 0 Å². The Morgan fingerprint density at radius 3 is 1.50 bits per heavy atom. The van der Waals surface area contributed by atoms with E-state index in [-0.39, 0.29) is 36.7 Å². The Labute approximate surface area is 143 Å². The van der Waals surface area contributed by atoms with Gasteiger partial charge in [-0.05, 0) is 24.0 Å². The van der Waals surface area contributed by atoms with E-state index in [0.717, 1.165) is 24.0 Å². The highest BCUT2D eigenvalue weighted by Crippen LogP contribution is 2.31. The predicted molar refractivity (Wildman–Crippen MR) is 90.3 cm³/mol. The summed E-state index contributed by atoms with van der Waals surface area (Å²) in [4.78, 5) is 0. The van der Waals surface area contributed by atoms with Crippen LogP contribution in [0.1, 0.15) is 50.3 Å². The van der Waals surface area contributed by atoms with Gasteiger partial charge in [-0.3, -0.25) is 10.6 Å². The summed E-state index contributed by atoms with van der Waals surface area (Å²) in [7, 11) is 0. The van der Waals surface area contributed by atoms with Crippen LogP contribution in [0, 0.1) is 0 Å². The first-order valence-electron chi connectivity index (χ1n) is 8.69. The van der Waals surface area contributed by atoms with Crippen molar-refractivity contribution in [2.45, 2.75) is 50.2 Å². The number of hydrogen-bond acceptors (Lipinski definition) is 6. The smallest absolute Gasteiger partial charge is 0.134 e. The Kier molecular flexibility index (Phi) is 5.24. The molecule has 4 unspecified atom stereocenters. The molecule has 6 nitrogen and oxygen atoms in total. The largest absolute Gasteiger partial charge is 0.394 e. The number of ether oxygens (including phenoxy) is 2. The molecule has 0 amide bonds. The molecule has 1 aromatic rings. The van der Waals surface area contributed by atoms with Crippen LogP contribution in [0.2, 0.25) is 0 Å². The zero-order valence-electron chi connectivity index (χ0n) is 14.4. The molecule has 24 heavy (non-hydrogen) atoms. The maximum Gasteiger partial charge on any atom is 0.134 e. The Morgan fingerprint density at radius 2 is 1.25 bits per heavy atom. The fourth-order valence-electron chi connectivity index (χ4n) is 3.23. The highest BCUT2D eigenvalue weighted by atomic mass is 16.5. The van der Waals surface area contributed by atoms with Crippen LogP contribution in [-0.4, -0.2) is 47.7 Å². The molecule has 2 aliphatic rings. The molecule has 4 atom stereocenters. The lowest BCUT2D eigenvalue weighted by Gasteiger charge is -2.25. The predicted octanol–water partition coefficient (Wildman–Crippen LogP) is 1.21. The van der Waals surface area contributed by atoms with E-state index in [0.29, 0.717) is 13.2 Å². The molecular formula is C18H28N2O4. The molecule has 6 heteroatoms.